The molecule has 7 nitrogen and oxygen atoms in total. The summed E-state index contributed by atoms with van der Waals surface area (Å²) in [5.74, 6) is 2.24. The van der Waals surface area contributed by atoms with E-state index in [0.29, 0.717) is 23.9 Å². The highest BCUT2D eigenvalue weighted by atomic mass is 32.2. The van der Waals surface area contributed by atoms with Crippen LogP contribution in [0.3, 0.4) is 0 Å². The maximum absolute atomic E-state index is 12.4. The zero-order chi connectivity index (χ0) is 18.2. The minimum atomic E-state index is -0.116. The molecular weight excluding hydrogens is 360 g/mol. The molecule has 3 aromatic heterocycles. The summed E-state index contributed by atoms with van der Waals surface area (Å²) in [6.07, 6.45) is 4.08. The van der Waals surface area contributed by atoms with Crippen LogP contribution in [0.4, 0.5) is 0 Å². The molecule has 0 aliphatic heterocycles. The zero-order valence-corrected chi connectivity index (χ0v) is 15.4. The van der Waals surface area contributed by atoms with Gasteiger partial charge in [-0.3, -0.25) is 8.97 Å². The van der Waals surface area contributed by atoms with Crippen molar-refractivity contribution in [3.63, 3.8) is 0 Å². The highest BCUT2D eigenvalue weighted by molar-refractivity contribution is 7.99. The Kier molecular flexibility index (Phi) is 4.05. The largest absolute Gasteiger partial charge is 0.350 e. The van der Waals surface area contributed by atoms with Crippen molar-refractivity contribution in [1.29, 1.82) is 0 Å². The first-order valence-electron chi connectivity index (χ1n) is 8.99. The van der Waals surface area contributed by atoms with Gasteiger partial charge < -0.3 is 0 Å². The molecule has 1 saturated carbocycles. The van der Waals surface area contributed by atoms with Gasteiger partial charge in [-0.2, -0.15) is 0 Å². The lowest BCUT2D eigenvalue weighted by molar-refractivity contribution is 0.639. The fourth-order valence-corrected chi connectivity index (χ4v) is 4.01. The van der Waals surface area contributed by atoms with Crippen molar-refractivity contribution >= 4 is 17.4 Å². The third kappa shape index (κ3) is 3.06. The van der Waals surface area contributed by atoms with Crippen LogP contribution < -0.4 is 5.69 Å². The first kappa shape index (κ1) is 16.3. The smallest absolute Gasteiger partial charge is 0.274 e. The molecule has 1 fully saturated rings. The molecule has 0 N–H and O–H groups in total. The predicted molar refractivity (Wildman–Crippen MR) is 104 cm³/mol. The monoisotopic (exact) mass is 378 g/mol. The molecule has 0 bridgehead atoms. The van der Waals surface area contributed by atoms with Gasteiger partial charge >= 0.3 is 5.69 Å². The van der Waals surface area contributed by atoms with Gasteiger partial charge in [-0.15, -0.1) is 15.3 Å². The predicted octanol–water partition coefficient (Wildman–Crippen LogP) is 2.75. The maximum atomic E-state index is 12.4. The minimum Gasteiger partial charge on any atom is -0.274 e. The van der Waals surface area contributed by atoms with Gasteiger partial charge in [0.05, 0.1) is 6.54 Å². The van der Waals surface area contributed by atoms with Gasteiger partial charge in [0.2, 0.25) is 0 Å². The van der Waals surface area contributed by atoms with Crippen molar-refractivity contribution in [2.45, 2.75) is 30.5 Å². The van der Waals surface area contributed by atoms with Crippen LogP contribution in [-0.4, -0.2) is 34.7 Å². The van der Waals surface area contributed by atoms with E-state index in [1.807, 2.05) is 36.4 Å². The molecule has 4 aromatic rings. The highest BCUT2D eigenvalue weighted by Crippen LogP contribution is 2.41. The number of nitrogens with zero attached hydrogens (tertiary/aromatic N) is 6. The SMILES string of the molecule is O=c1n(CCSc2nnc(C3CC3)n2-c2ccccc2)nc2ccccn12. The van der Waals surface area contributed by atoms with Gasteiger partial charge in [0.1, 0.15) is 5.82 Å². The van der Waals surface area contributed by atoms with Crippen LogP contribution in [0.5, 0.6) is 0 Å². The second kappa shape index (κ2) is 6.70. The number of fused-ring (bicyclic) bond motifs is 1. The van der Waals surface area contributed by atoms with Gasteiger partial charge in [0.25, 0.3) is 0 Å². The molecule has 0 unspecified atom stereocenters. The van der Waals surface area contributed by atoms with E-state index >= 15 is 0 Å². The van der Waals surface area contributed by atoms with Crippen molar-refractivity contribution in [3.05, 3.63) is 71.0 Å². The van der Waals surface area contributed by atoms with E-state index < -0.39 is 0 Å². The molecule has 136 valence electrons. The van der Waals surface area contributed by atoms with Crippen LogP contribution in [-0.2, 0) is 6.54 Å². The molecule has 3 heterocycles. The average Bonchev–Trinajstić information content (AvgIpc) is 3.39. The van der Waals surface area contributed by atoms with Crippen molar-refractivity contribution in [2.75, 3.05) is 5.75 Å². The maximum Gasteiger partial charge on any atom is 0.350 e. The summed E-state index contributed by atoms with van der Waals surface area (Å²) in [5, 5.41) is 14.1. The molecule has 8 heteroatoms. The summed E-state index contributed by atoms with van der Waals surface area (Å²) in [6.45, 7) is 0.519. The molecule has 1 aliphatic rings. The number of aromatic nitrogens is 6. The van der Waals surface area contributed by atoms with E-state index in [4.69, 9.17) is 0 Å². The van der Waals surface area contributed by atoms with E-state index in [-0.39, 0.29) is 5.69 Å². The second-order valence-corrected chi connectivity index (χ2v) is 7.63. The van der Waals surface area contributed by atoms with E-state index in [0.717, 1.165) is 16.7 Å². The van der Waals surface area contributed by atoms with E-state index in [2.05, 4.69) is 32.0 Å². The van der Waals surface area contributed by atoms with Gasteiger partial charge in [-0.05, 0) is 37.1 Å². The minimum absolute atomic E-state index is 0.116. The molecule has 0 radical (unpaired) electrons. The lowest BCUT2D eigenvalue weighted by Gasteiger charge is -2.09. The summed E-state index contributed by atoms with van der Waals surface area (Å²) in [7, 11) is 0. The molecular formula is C19H18N6OS. The van der Waals surface area contributed by atoms with Crippen LogP contribution >= 0.6 is 11.8 Å². The fourth-order valence-electron chi connectivity index (χ4n) is 3.14. The molecule has 1 aliphatic carbocycles. The van der Waals surface area contributed by atoms with Crippen LogP contribution in [0.15, 0.2) is 64.7 Å². The lowest BCUT2D eigenvalue weighted by atomic mass is 10.3. The topological polar surface area (TPSA) is 70.0 Å². The van der Waals surface area contributed by atoms with Crippen molar-refractivity contribution in [3.8, 4) is 5.69 Å². The molecule has 0 atom stereocenters. The molecule has 0 amide bonds. The van der Waals surface area contributed by atoms with Crippen molar-refractivity contribution in [1.82, 2.24) is 28.9 Å². The van der Waals surface area contributed by atoms with Crippen molar-refractivity contribution < 1.29 is 0 Å². The summed E-state index contributed by atoms with van der Waals surface area (Å²) < 4.78 is 5.21. The standard InChI is InChI=1S/C19H18N6OS/c26-19-23-11-5-4-8-16(23)22-24(19)12-13-27-18-21-20-17(14-9-10-14)25(18)15-6-2-1-3-7-15/h1-8,11,14H,9-10,12-13H2. The summed E-state index contributed by atoms with van der Waals surface area (Å²) in [5.41, 5.74) is 1.63. The zero-order valence-electron chi connectivity index (χ0n) is 14.6. The Morgan fingerprint density at radius 3 is 2.63 bits per heavy atom. The number of hydrogen-bond acceptors (Lipinski definition) is 5. The number of para-hydroxylation sites is 1. The second-order valence-electron chi connectivity index (χ2n) is 6.57. The van der Waals surface area contributed by atoms with Crippen LogP contribution in [0.2, 0.25) is 0 Å². The average molecular weight is 378 g/mol. The van der Waals surface area contributed by atoms with Crippen LogP contribution in [0, 0.1) is 0 Å². The number of pyridine rings is 1. The summed E-state index contributed by atoms with van der Waals surface area (Å²) in [6, 6.07) is 15.7. The van der Waals surface area contributed by atoms with Gasteiger partial charge in [-0.1, -0.05) is 36.0 Å². The number of hydrogen-bond donors (Lipinski definition) is 0. The molecule has 0 saturated heterocycles. The first-order chi connectivity index (χ1) is 13.3. The number of thioether (sulfide) groups is 1. The summed E-state index contributed by atoms with van der Waals surface area (Å²) in [4.78, 5) is 12.4. The lowest BCUT2D eigenvalue weighted by Crippen LogP contribution is -2.22. The molecule has 0 spiro atoms. The van der Waals surface area contributed by atoms with Gasteiger partial charge in [-0.25, -0.2) is 9.48 Å². The Labute approximate surface area is 159 Å². The van der Waals surface area contributed by atoms with Gasteiger partial charge in [0, 0.05) is 23.6 Å². The number of rotatable bonds is 6. The molecule has 27 heavy (non-hydrogen) atoms. The van der Waals surface area contributed by atoms with E-state index in [1.54, 1.807) is 22.4 Å². The van der Waals surface area contributed by atoms with Gasteiger partial charge in [0.15, 0.2) is 10.8 Å². The van der Waals surface area contributed by atoms with Crippen LogP contribution in [0.1, 0.15) is 24.6 Å². The third-order valence-corrected chi connectivity index (χ3v) is 5.55. The van der Waals surface area contributed by atoms with E-state index in [1.165, 1.54) is 17.5 Å². The van der Waals surface area contributed by atoms with Crippen molar-refractivity contribution in [2.24, 2.45) is 0 Å². The molecule has 1 aromatic carbocycles. The third-order valence-electron chi connectivity index (χ3n) is 4.64. The van der Waals surface area contributed by atoms with E-state index in [9.17, 15) is 4.79 Å². The normalized spacial score (nSPS) is 14.1. The Morgan fingerprint density at radius 1 is 1.04 bits per heavy atom. The quantitative estimate of drug-likeness (QED) is 0.483. The Balaban J connectivity index is 1.38. The highest BCUT2D eigenvalue weighted by Gasteiger charge is 2.31. The summed E-state index contributed by atoms with van der Waals surface area (Å²) >= 11 is 1.60. The Bertz CT molecular complexity index is 1140. The van der Waals surface area contributed by atoms with Crippen LogP contribution in [0.25, 0.3) is 11.3 Å². The number of aryl methyl sites for hydroxylation is 1. The number of benzene rings is 1. The Morgan fingerprint density at radius 2 is 1.85 bits per heavy atom. The fraction of sp³-hybridized carbons (Fsp3) is 0.263. The Hall–Kier alpha value is -2.87. The first-order valence-corrected chi connectivity index (χ1v) is 9.97. The molecule has 5 rings (SSSR count).